The van der Waals surface area contributed by atoms with E-state index in [-0.39, 0.29) is 41.4 Å². The molecule has 3 amide bonds. The van der Waals surface area contributed by atoms with Crippen molar-refractivity contribution in [3.8, 4) is 0 Å². The van der Waals surface area contributed by atoms with Gasteiger partial charge < -0.3 is 10.1 Å². The van der Waals surface area contributed by atoms with Gasteiger partial charge in [0.1, 0.15) is 6.04 Å². The van der Waals surface area contributed by atoms with Crippen molar-refractivity contribution < 1.29 is 23.9 Å². The monoisotopic (exact) mass is 504 g/mol. The van der Waals surface area contributed by atoms with Crippen molar-refractivity contribution in [1.82, 2.24) is 4.90 Å². The van der Waals surface area contributed by atoms with Crippen molar-refractivity contribution in [1.29, 1.82) is 0 Å². The second-order valence-corrected chi connectivity index (χ2v) is 10.3. The number of halogens is 1. The zero-order chi connectivity index (χ0) is 23.2. The van der Waals surface area contributed by atoms with Crippen LogP contribution in [0.1, 0.15) is 45.6 Å². The number of rotatable bonds is 7. The van der Waals surface area contributed by atoms with Crippen LogP contribution in [0.15, 0.2) is 22.7 Å². The summed E-state index contributed by atoms with van der Waals surface area (Å²) < 4.78 is 6.20. The first-order valence-electron chi connectivity index (χ1n) is 11.3. The van der Waals surface area contributed by atoms with Crippen LogP contribution in [0.5, 0.6) is 0 Å². The van der Waals surface area contributed by atoms with Gasteiger partial charge in [-0.05, 0) is 67.2 Å². The van der Waals surface area contributed by atoms with Gasteiger partial charge >= 0.3 is 5.97 Å². The number of aryl methyl sites for hydroxylation is 1. The molecule has 1 aliphatic heterocycles. The Bertz CT molecular complexity index is 934. The summed E-state index contributed by atoms with van der Waals surface area (Å²) >= 11 is 3.41. The Morgan fingerprint density at radius 3 is 2.34 bits per heavy atom. The number of amides is 3. The van der Waals surface area contributed by atoms with E-state index in [9.17, 15) is 19.2 Å². The number of hydrogen-bond donors (Lipinski definition) is 1. The molecule has 3 aliphatic rings. The Hall–Kier alpha value is -2.22. The molecule has 2 saturated carbocycles. The summed E-state index contributed by atoms with van der Waals surface area (Å²) in [5.41, 5.74) is 1.61. The standard InChI is InChI=1S/C24H29BrN2O5/c1-4-13-10-16(25)7-8-17(13)26-18(28)11-32-24(31)21(12(2)3)27-22(29)19-14-5-6-15(9-14)20(19)23(27)30/h7-8,10,12,14-15,19-21H,4-6,9,11H2,1-3H3,(H,26,28)/t14-,15-,19+,20+,21-/m0/s1. The van der Waals surface area contributed by atoms with Gasteiger partial charge in [-0.2, -0.15) is 0 Å². The molecule has 172 valence electrons. The maximum absolute atomic E-state index is 13.1. The van der Waals surface area contributed by atoms with Crippen LogP contribution in [0, 0.1) is 29.6 Å². The van der Waals surface area contributed by atoms with Gasteiger partial charge in [-0.15, -0.1) is 0 Å². The minimum Gasteiger partial charge on any atom is -0.454 e. The van der Waals surface area contributed by atoms with Gasteiger partial charge in [0.2, 0.25) is 11.8 Å². The highest BCUT2D eigenvalue weighted by Crippen LogP contribution is 2.56. The first-order valence-corrected chi connectivity index (χ1v) is 12.1. The predicted molar refractivity (Wildman–Crippen MR) is 121 cm³/mol. The number of ether oxygens (including phenoxy) is 1. The Kier molecular flexibility index (Phi) is 6.43. The third kappa shape index (κ3) is 3.98. The number of hydrogen-bond acceptors (Lipinski definition) is 5. The van der Waals surface area contributed by atoms with Crippen molar-refractivity contribution in [3.05, 3.63) is 28.2 Å². The molecule has 3 fully saturated rings. The number of esters is 1. The highest BCUT2D eigenvalue weighted by Gasteiger charge is 2.62. The lowest BCUT2D eigenvalue weighted by molar-refractivity contribution is -0.162. The molecule has 1 N–H and O–H groups in total. The van der Waals surface area contributed by atoms with Crippen molar-refractivity contribution in [2.24, 2.45) is 29.6 Å². The van der Waals surface area contributed by atoms with E-state index >= 15 is 0 Å². The fourth-order valence-corrected chi connectivity index (χ4v) is 6.18. The zero-order valence-corrected chi connectivity index (χ0v) is 20.2. The van der Waals surface area contributed by atoms with Gasteiger partial charge in [0.05, 0.1) is 11.8 Å². The lowest BCUT2D eigenvalue weighted by atomic mass is 9.81. The molecule has 2 bridgehead atoms. The van der Waals surface area contributed by atoms with Crippen LogP contribution < -0.4 is 5.32 Å². The number of fused-ring (bicyclic) bond motifs is 5. The van der Waals surface area contributed by atoms with E-state index in [4.69, 9.17) is 4.74 Å². The zero-order valence-electron chi connectivity index (χ0n) is 18.6. The molecule has 1 saturated heterocycles. The summed E-state index contributed by atoms with van der Waals surface area (Å²) in [6.07, 6.45) is 3.62. The third-order valence-corrected chi connectivity index (χ3v) is 7.67. The highest BCUT2D eigenvalue weighted by molar-refractivity contribution is 9.10. The maximum atomic E-state index is 13.1. The number of nitrogens with zero attached hydrogens (tertiary/aromatic N) is 1. The summed E-state index contributed by atoms with van der Waals surface area (Å²) in [6.45, 7) is 5.07. The molecular weight excluding hydrogens is 476 g/mol. The predicted octanol–water partition coefficient (Wildman–Crippen LogP) is 3.55. The van der Waals surface area contributed by atoms with E-state index < -0.39 is 24.5 Å². The van der Waals surface area contributed by atoms with Gasteiger partial charge in [-0.25, -0.2) is 4.79 Å². The Morgan fingerprint density at radius 2 is 1.78 bits per heavy atom. The molecule has 0 unspecified atom stereocenters. The van der Waals surface area contributed by atoms with E-state index in [0.29, 0.717) is 5.69 Å². The average molecular weight is 505 g/mol. The summed E-state index contributed by atoms with van der Waals surface area (Å²) in [5.74, 6) is -2.05. The van der Waals surface area contributed by atoms with E-state index in [1.165, 1.54) is 0 Å². The lowest BCUT2D eigenvalue weighted by Crippen LogP contribution is -2.50. The van der Waals surface area contributed by atoms with E-state index in [1.54, 1.807) is 19.9 Å². The highest BCUT2D eigenvalue weighted by atomic mass is 79.9. The van der Waals surface area contributed by atoms with Crippen LogP contribution in [0.25, 0.3) is 0 Å². The Labute approximate surface area is 196 Å². The minimum absolute atomic E-state index is 0.241. The number of nitrogens with one attached hydrogen (secondary N) is 1. The average Bonchev–Trinajstić information content (AvgIpc) is 3.43. The van der Waals surface area contributed by atoms with Crippen molar-refractivity contribution in [2.75, 3.05) is 11.9 Å². The molecule has 1 aromatic rings. The first-order chi connectivity index (χ1) is 15.2. The Balaban J connectivity index is 1.42. The molecule has 2 aliphatic carbocycles. The molecule has 8 heteroatoms. The van der Waals surface area contributed by atoms with Crippen LogP contribution in [0.3, 0.4) is 0 Å². The fourth-order valence-electron chi connectivity index (χ4n) is 5.77. The number of likely N-dealkylation sites (tertiary alicyclic amines) is 1. The van der Waals surface area contributed by atoms with E-state index in [2.05, 4.69) is 21.2 Å². The van der Waals surface area contributed by atoms with E-state index in [1.807, 2.05) is 19.1 Å². The second kappa shape index (κ2) is 8.96. The molecule has 5 atom stereocenters. The van der Waals surface area contributed by atoms with Gasteiger partial charge in [0, 0.05) is 10.2 Å². The smallest absolute Gasteiger partial charge is 0.330 e. The van der Waals surface area contributed by atoms with E-state index in [0.717, 1.165) is 40.6 Å². The molecule has 7 nitrogen and oxygen atoms in total. The molecular formula is C24H29BrN2O5. The summed E-state index contributed by atoms with van der Waals surface area (Å²) in [7, 11) is 0. The van der Waals surface area contributed by atoms with Crippen LogP contribution in [0.4, 0.5) is 5.69 Å². The number of anilines is 1. The molecule has 4 rings (SSSR count). The number of carbonyl (C=O) groups excluding carboxylic acids is 4. The minimum atomic E-state index is -1.01. The van der Waals surface area contributed by atoms with Crippen LogP contribution >= 0.6 is 15.9 Å². The quantitative estimate of drug-likeness (QED) is 0.452. The number of carbonyl (C=O) groups is 4. The number of imide groups is 1. The molecule has 32 heavy (non-hydrogen) atoms. The molecule has 0 radical (unpaired) electrons. The van der Waals surface area contributed by atoms with Crippen molar-refractivity contribution >= 4 is 45.3 Å². The topological polar surface area (TPSA) is 92.8 Å². The third-order valence-electron chi connectivity index (χ3n) is 7.18. The molecule has 0 aromatic heterocycles. The number of benzene rings is 1. The van der Waals surface area contributed by atoms with Crippen LogP contribution in [-0.4, -0.2) is 41.2 Å². The summed E-state index contributed by atoms with van der Waals surface area (Å²) in [4.78, 5) is 52.8. The van der Waals surface area contributed by atoms with Gasteiger partial charge in [-0.1, -0.05) is 36.7 Å². The second-order valence-electron chi connectivity index (χ2n) is 9.43. The maximum Gasteiger partial charge on any atom is 0.330 e. The molecule has 1 aromatic carbocycles. The first kappa shape index (κ1) is 23.0. The van der Waals surface area contributed by atoms with Crippen molar-refractivity contribution in [2.45, 2.75) is 52.5 Å². The summed E-state index contributed by atoms with van der Waals surface area (Å²) in [6, 6.07) is 4.52. The van der Waals surface area contributed by atoms with Crippen LogP contribution in [-0.2, 0) is 30.3 Å². The summed E-state index contributed by atoms with van der Waals surface area (Å²) in [5, 5.41) is 2.77. The largest absolute Gasteiger partial charge is 0.454 e. The van der Waals surface area contributed by atoms with Gasteiger partial charge in [0.15, 0.2) is 6.61 Å². The van der Waals surface area contributed by atoms with Crippen molar-refractivity contribution in [3.63, 3.8) is 0 Å². The Morgan fingerprint density at radius 1 is 1.16 bits per heavy atom. The SMILES string of the molecule is CCc1cc(Br)ccc1NC(=O)COC(=O)[C@H](C(C)C)N1C(=O)[C@@H]2[C@H]3CC[C@@H](C3)[C@H]2C1=O. The van der Waals surface area contributed by atoms with Crippen LogP contribution in [0.2, 0.25) is 0 Å². The molecule has 0 spiro atoms. The molecule has 1 heterocycles. The van der Waals surface area contributed by atoms with Gasteiger partial charge in [-0.3, -0.25) is 19.3 Å². The lowest BCUT2D eigenvalue weighted by Gasteiger charge is -2.28. The van der Waals surface area contributed by atoms with Gasteiger partial charge in [0.25, 0.3) is 5.91 Å². The fraction of sp³-hybridized carbons (Fsp3) is 0.583. The normalized spacial score (nSPS) is 27.1.